The predicted molar refractivity (Wildman–Crippen MR) is 97.1 cm³/mol. The van der Waals surface area contributed by atoms with Gasteiger partial charge in [-0.1, -0.05) is 0 Å². The molecule has 0 aliphatic carbocycles. The molecule has 0 aromatic carbocycles. The standard InChI is InChI=1S/C20H31N3O2/c1-15(24)23-16-5-6-17(23)13-20(12-16)25-19-7-10-22(11-8-19)14-18-4-3-9-21(18)2/h3-4,9,16-17,19-20H,5-8,10-14H2,1-2H3/t16-,17+,20?. The second kappa shape index (κ2) is 7.12. The van der Waals surface area contributed by atoms with E-state index in [0.29, 0.717) is 24.3 Å². The van der Waals surface area contributed by atoms with Gasteiger partial charge in [0.15, 0.2) is 0 Å². The molecule has 3 atom stereocenters. The molecule has 1 unspecified atom stereocenters. The van der Waals surface area contributed by atoms with E-state index in [0.717, 1.165) is 45.3 Å². The zero-order chi connectivity index (χ0) is 17.4. The van der Waals surface area contributed by atoms with Crippen molar-refractivity contribution in [3.05, 3.63) is 24.0 Å². The number of hydrogen-bond donors (Lipinski definition) is 0. The quantitative estimate of drug-likeness (QED) is 0.842. The normalized spacial score (nSPS) is 30.8. The number of hydrogen-bond acceptors (Lipinski definition) is 3. The maximum atomic E-state index is 11.8. The van der Waals surface area contributed by atoms with Gasteiger partial charge in [0.2, 0.25) is 5.91 Å². The maximum absolute atomic E-state index is 11.8. The minimum absolute atomic E-state index is 0.250. The number of rotatable bonds is 4. The van der Waals surface area contributed by atoms with Crippen LogP contribution in [0.4, 0.5) is 0 Å². The van der Waals surface area contributed by atoms with Crippen LogP contribution in [0.25, 0.3) is 0 Å². The molecule has 3 saturated heterocycles. The molecule has 2 bridgehead atoms. The molecule has 0 radical (unpaired) electrons. The van der Waals surface area contributed by atoms with Crippen LogP contribution in [0.2, 0.25) is 0 Å². The third-order valence-corrected chi connectivity index (χ3v) is 6.41. The molecule has 1 amide bonds. The number of likely N-dealkylation sites (tertiary alicyclic amines) is 1. The van der Waals surface area contributed by atoms with E-state index in [1.807, 2.05) is 0 Å². The minimum Gasteiger partial charge on any atom is -0.375 e. The molecule has 138 valence electrons. The number of carbonyl (C=O) groups excluding carboxylic acids is 1. The second-order valence-corrected chi connectivity index (χ2v) is 8.13. The summed E-state index contributed by atoms with van der Waals surface area (Å²) < 4.78 is 8.69. The van der Waals surface area contributed by atoms with E-state index in [1.54, 1.807) is 6.92 Å². The summed E-state index contributed by atoms with van der Waals surface area (Å²) in [4.78, 5) is 16.5. The van der Waals surface area contributed by atoms with E-state index < -0.39 is 0 Å². The molecule has 5 nitrogen and oxygen atoms in total. The van der Waals surface area contributed by atoms with Gasteiger partial charge in [-0.05, 0) is 50.7 Å². The Balaban J connectivity index is 1.24. The van der Waals surface area contributed by atoms with Gasteiger partial charge in [-0.15, -0.1) is 0 Å². The summed E-state index contributed by atoms with van der Waals surface area (Å²) in [6.07, 6.45) is 9.56. The van der Waals surface area contributed by atoms with Gasteiger partial charge in [-0.2, -0.15) is 0 Å². The van der Waals surface area contributed by atoms with Crippen molar-refractivity contribution in [2.45, 2.75) is 76.3 Å². The van der Waals surface area contributed by atoms with Crippen LogP contribution in [-0.2, 0) is 23.1 Å². The highest BCUT2D eigenvalue weighted by Crippen LogP contribution is 2.37. The number of ether oxygens (including phenoxy) is 1. The smallest absolute Gasteiger partial charge is 0.219 e. The molecule has 4 rings (SSSR count). The van der Waals surface area contributed by atoms with E-state index in [-0.39, 0.29) is 5.91 Å². The van der Waals surface area contributed by atoms with Gasteiger partial charge < -0.3 is 14.2 Å². The van der Waals surface area contributed by atoms with Crippen LogP contribution < -0.4 is 0 Å². The first-order valence-corrected chi connectivity index (χ1v) is 9.87. The molecule has 3 fully saturated rings. The summed E-state index contributed by atoms with van der Waals surface area (Å²) in [7, 11) is 2.12. The molecule has 3 aliphatic heterocycles. The fourth-order valence-corrected chi connectivity index (χ4v) is 5.12. The van der Waals surface area contributed by atoms with Crippen molar-refractivity contribution >= 4 is 5.91 Å². The van der Waals surface area contributed by atoms with Gasteiger partial charge in [0.05, 0.1) is 12.2 Å². The Morgan fingerprint density at radius 1 is 1.12 bits per heavy atom. The van der Waals surface area contributed by atoms with Crippen molar-refractivity contribution < 1.29 is 9.53 Å². The number of carbonyl (C=O) groups is 1. The Labute approximate surface area is 150 Å². The van der Waals surface area contributed by atoms with Crippen molar-refractivity contribution in [2.75, 3.05) is 13.1 Å². The molecule has 5 heteroatoms. The first-order valence-electron chi connectivity index (χ1n) is 9.87. The Morgan fingerprint density at radius 2 is 1.80 bits per heavy atom. The predicted octanol–water partition coefficient (Wildman–Crippen LogP) is 2.55. The van der Waals surface area contributed by atoms with Gasteiger partial charge in [0, 0.05) is 57.6 Å². The summed E-state index contributed by atoms with van der Waals surface area (Å²) in [5, 5.41) is 0. The third kappa shape index (κ3) is 3.63. The molecular weight excluding hydrogens is 314 g/mol. The Kier molecular flexibility index (Phi) is 4.87. The molecule has 0 saturated carbocycles. The number of nitrogens with zero attached hydrogens (tertiary/aromatic N) is 3. The van der Waals surface area contributed by atoms with Crippen molar-refractivity contribution in [1.82, 2.24) is 14.4 Å². The molecular formula is C20H31N3O2. The Bertz CT molecular complexity index is 592. The van der Waals surface area contributed by atoms with E-state index in [2.05, 4.69) is 39.7 Å². The van der Waals surface area contributed by atoms with Crippen LogP contribution in [0.3, 0.4) is 0 Å². The lowest BCUT2D eigenvalue weighted by molar-refractivity contribution is -0.138. The van der Waals surface area contributed by atoms with E-state index in [4.69, 9.17) is 4.74 Å². The third-order valence-electron chi connectivity index (χ3n) is 6.41. The highest BCUT2D eigenvalue weighted by molar-refractivity contribution is 5.74. The lowest BCUT2D eigenvalue weighted by Gasteiger charge is -2.41. The van der Waals surface area contributed by atoms with Crippen LogP contribution in [0, 0.1) is 0 Å². The van der Waals surface area contributed by atoms with Crippen LogP contribution >= 0.6 is 0 Å². The molecule has 0 N–H and O–H groups in total. The summed E-state index contributed by atoms with van der Waals surface area (Å²) in [5.74, 6) is 0.250. The van der Waals surface area contributed by atoms with Gasteiger partial charge in [-0.25, -0.2) is 0 Å². The average molecular weight is 345 g/mol. The van der Waals surface area contributed by atoms with Crippen LogP contribution in [-0.4, -0.2) is 57.7 Å². The number of fused-ring (bicyclic) bond motifs is 2. The summed E-state index contributed by atoms with van der Waals surface area (Å²) in [6, 6.07) is 5.19. The molecule has 3 aliphatic rings. The van der Waals surface area contributed by atoms with Crippen molar-refractivity contribution in [2.24, 2.45) is 7.05 Å². The highest BCUT2D eigenvalue weighted by atomic mass is 16.5. The topological polar surface area (TPSA) is 37.7 Å². The fourth-order valence-electron chi connectivity index (χ4n) is 5.12. The summed E-state index contributed by atoms with van der Waals surface area (Å²) >= 11 is 0. The van der Waals surface area contributed by atoms with E-state index >= 15 is 0 Å². The summed E-state index contributed by atoms with van der Waals surface area (Å²) in [6.45, 7) is 5.00. The Hall–Kier alpha value is -1.33. The van der Waals surface area contributed by atoms with Crippen molar-refractivity contribution in [3.63, 3.8) is 0 Å². The molecule has 1 aromatic rings. The average Bonchev–Trinajstić information content (AvgIpc) is 3.11. The maximum Gasteiger partial charge on any atom is 0.219 e. The van der Waals surface area contributed by atoms with Gasteiger partial charge in [0.25, 0.3) is 0 Å². The van der Waals surface area contributed by atoms with Gasteiger partial charge in [-0.3, -0.25) is 9.69 Å². The number of piperidine rings is 2. The minimum atomic E-state index is 0.250. The van der Waals surface area contributed by atoms with Gasteiger partial charge in [0.1, 0.15) is 0 Å². The number of amides is 1. The van der Waals surface area contributed by atoms with Crippen LogP contribution in [0.15, 0.2) is 18.3 Å². The second-order valence-electron chi connectivity index (χ2n) is 8.13. The van der Waals surface area contributed by atoms with Crippen molar-refractivity contribution in [1.29, 1.82) is 0 Å². The summed E-state index contributed by atoms with van der Waals surface area (Å²) in [5.41, 5.74) is 1.38. The fraction of sp³-hybridized carbons (Fsp3) is 0.750. The zero-order valence-electron chi connectivity index (χ0n) is 15.6. The monoisotopic (exact) mass is 345 g/mol. The molecule has 4 heterocycles. The largest absolute Gasteiger partial charge is 0.375 e. The van der Waals surface area contributed by atoms with E-state index in [1.165, 1.54) is 18.5 Å². The lowest BCUT2D eigenvalue weighted by atomic mass is 9.98. The lowest BCUT2D eigenvalue weighted by Crippen LogP contribution is -2.49. The van der Waals surface area contributed by atoms with Crippen LogP contribution in [0.1, 0.15) is 51.1 Å². The first-order chi connectivity index (χ1) is 12.1. The number of aromatic nitrogens is 1. The van der Waals surface area contributed by atoms with Gasteiger partial charge >= 0.3 is 0 Å². The Morgan fingerprint density at radius 3 is 2.36 bits per heavy atom. The number of aryl methyl sites for hydroxylation is 1. The highest BCUT2D eigenvalue weighted by Gasteiger charge is 2.43. The SMILES string of the molecule is CC(=O)N1[C@@H]2CC[C@H]1CC(OC1CCN(Cc3cccn3C)CC1)C2. The first kappa shape index (κ1) is 17.1. The zero-order valence-corrected chi connectivity index (χ0v) is 15.6. The van der Waals surface area contributed by atoms with Crippen LogP contribution in [0.5, 0.6) is 0 Å². The molecule has 1 aromatic heterocycles. The molecule has 0 spiro atoms. The molecule has 25 heavy (non-hydrogen) atoms. The van der Waals surface area contributed by atoms with E-state index in [9.17, 15) is 4.79 Å². The van der Waals surface area contributed by atoms with Crippen molar-refractivity contribution in [3.8, 4) is 0 Å².